The van der Waals surface area contributed by atoms with Gasteiger partial charge in [-0.2, -0.15) is 0 Å². The predicted octanol–water partition coefficient (Wildman–Crippen LogP) is 5.45. The first kappa shape index (κ1) is 16.6. The normalized spacial score (nSPS) is 26.0. The molecule has 0 bridgehead atoms. The number of aliphatic carboxylic acids is 1. The standard InChI is InChI=1S/C17H22Cl2O2/c1-11(2)12-6-8-17(9-7-12,16(20)21)10-13-4-3-5-14(18)15(13)19/h3-5,11-12H,6-10H2,1-2H3,(H,20,21). The number of hydrogen-bond donors (Lipinski definition) is 1. The first-order chi connectivity index (χ1) is 9.85. The van der Waals surface area contributed by atoms with Crippen LogP contribution in [0.4, 0.5) is 0 Å². The van der Waals surface area contributed by atoms with Crippen molar-refractivity contribution >= 4 is 29.2 Å². The predicted molar refractivity (Wildman–Crippen MR) is 87.0 cm³/mol. The Kier molecular flexibility index (Phi) is 5.21. The second kappa shape index (κ2) is 6.58. The minimum atomic E-state index is -0.708. The summed E-state index contributed by atoms with van der Waals surface area (Å²) < 4.78 is 0. The van der Waals surface area contributed by atoms with Gasteiger partial charge in [-0.25, -0.2) is 0 Å². The van der Waals surface area contributed by atoms with E-state index in [2.05, 4.69) is 13.8 Å². The molecular weight excluding hydrogens is 307 g/mol. The third kappa shape index (κ3) is 3.54. The van der Waals surface area contributed by atoms with E-state index in [-0.39, 0.29) is 0 Å². The molecule has 0 saturated heterocycles. The lowest BCUT2D eigenvalue weighted by atomic mass is 9.65. The Labute approximate surface area is 136 Å². The summed E-state index contributed by atoms with van der Waals surface area (Å²) in [6, 6.07) is 5.45. The highest BCUT2D eigenvalue weighted by Gasteiger charge is 2.42. The number of benzene rings is 1. The number of halogens is 2. The third-order valence-corrected chi connectivity index (χ3v) is 5.80. The molecule has 0 aliphatic heterocycles. The SMILES string of the molecule is CC(C)C1CCC(Cc2cccc(Cl)c2Cl)(C(=O)O)CC1. The van der Waals surface area contributed by atoms with Crippen molar-refractivity contribution in [2.45, 2.75) is 46.0 Å². The van der Waals surface area contributed by atoms with Crippen LogP contribution in [0.2, 0.25) is 10.0 Å². The van der Waals surface area contributed by atoms with Gasteiger partial charge in [0.2, 0.25) is 0 Å². The summed E-state index contributed by atoms with van der Waals surface area (Å²) in [4.78, 5) is 11.9. The van der Waals surface area contributed by atoms with Gasteiger partial charge in [0, 0.05) is 0 Å². The molecule has 1 aromatic rings. The van der Waals surface area contributed by atoms with E-state index >= 15 is 0 Å². The van der Waals surface area contributed by atoms with E-state index in [1.165, 1.54) is 0 Å². The van der Waals surface area contributed by atoms with Crippen molar-refractivity contribution in [3.63, 3.8) is 0 Å². The third-order valence-electron chi connectivity index (χ3n) is 4.94. The molecule has 1 N–H and O–H groups in total. The second-order valence-corrected chi connectivity index (χ2v) is 7.34. The molecule has 2 nitrogen and oxygen atoms in total. The zero-order valence-corrected chi connectivity index (χ0v) is 14.0. The van der Waals surface area contributed by atoms with Crippen molar-refractivity contribution in [3.05, 3.63) is 33.8 Å². The molecule has 1 fully saturated rings. The van der Waals surface area contributed by atoms with E-state index in [4.69, 9.17) is 23.2 Å². The molecule has 0 aromatic heterocycles. The van der Waals surface area contributed by atoms with E-state index in [1.54, 1.807) is 6.07 Å². The maximum absolute atomic E-state index is 11.9. The monoisotopic (exact) mass is 328 g/mol. The Morgan fingerprint density at radius 1 is 1.33 bits per heavy atom. The molecule has 0 unspecified atom stereocenters. The van der Waals surface area contributed by atoms with Gasteiger partial charge in [0.05, 0.1) is 15.5 Å². The van der Waals surface area contributed by atoms with Crippen LogP contribution in [-0.2, 0) is 11.2 Å². The Morgan fingerprint density at radius 2 is 1.95 bits per heavy atom. The second-order valence-electron chi connectivity index (χ2n) is 6.56. The maximum atomic E-state index is 11.9. The van der Waals surface area contributed by atoms with Gasteiger partial charge in [0.15, 0.2) is 0 Å². The van der Waals surface area contributed by atoms with Crippen LogP contribution in [0.15, 0.2) is 18.2 Å². The number of carboxylic acids is 1. The Morgan fingerprint density at radius 3 is 2.48 bits per heavy atom. The van der Waals surface area contributed by atoms with Gasteiger partial charge < -0.3 is 5.11 Å². The molecule has 1 aliphatic rings. The van der Waals surface area contributed by atoms with Gasteiger partial charge in [-0.1, -0.05) is 49.2 Å². The summed E-state index contributed by atoms with van der Waals surface area (Å²) in [6.07, 6.45) is 3.85. The molecule has 1 aliphatic carbocycles. The first-order valence-corrected chi connectivity index (χ1v) is 8.27. The largest absolute Gasteiger partial charge is 0.481 e. The van der Waals surface area contributed by atoms with Gasteiger partial charge in [0.1, 0.15) is 0 Å². The molecule has 0 atom stereocenters. The number of carboxylic acid groups (broad SMARTS) is 1. The van der Waals surface area contributed by atoms with Gasteiger partial charge >= 0.3 is 5.97 Å². The molecular formula is C17H22Cl2O2. The van der Waals surface area contributed by atoms with Gasteiger partial charge in [-0.3, -0.25) is 4.79 Å². The summed E-state index contributed by atoms with van der Waals surface area (Å²) in [6.45, 7) is 4.43. The van der Waals surface area contributed by atoms with Crippen LogP contribution in [0.3, 0.4) is 0 Å². The molecule has 1 saturated carbocycles. The van der Waals surface area contributed by atoms with Crippen LogP contribution in [0, 0.1) is 17.3 Å². The van der Waals surface area contributed by atoms with Gasteiger partial charge in [0.25, 0.3) is 0 Å². The van der Waals surface area contributed by atoms with Crippen molar-refractivity contribution in [3.8, 4) is 0 Å². The summed E-state index contributed by atoms with van der Waals surface area (Å²) in [5.74, 6) is 0.541. The van der Waals surface area contributed by atoms with Crippen molar-refractivity contribution in [2.75, 3.05) is 0 Å². The van der Waals surface area contributed by atoms with E-state index in [9.17, 15) is 9.90 Å². The number of carbonyl (C=O) groups is 1. The van der Waals surface area contributed by atoms with Crippen LogP contribution in [-0.4, -0.2) is 11.1 Å². The molecule has 0 radical (unpaired) electrons. The summed E-state index contributed by atoms with van der Waals surface area (Å²) in [5, 5.41) is 10.7. The first-order valence-electron chi connectivity index (χ1n) is 7.52. The minimum absolute atomic E-state index is 0.465. The fraction of sp³-hybridized carbons (Fsp3) is 0.588. The summed E-state index contributed by atoms with van der Waals surface area (Å²) in [7, 11) is 0. The smallest absolute Gasteiger partial charge is 0.309 e. The highest BCUT2D eigenvalue weighted by Crippen LogP contribution is 2.45. The van der Waals surface area contributed by atoms with Crippen LogP contribution in [0.5, 0.6) is 0 Å². The Bertz CT molecular complexity index is 518. The lowest BCUT2D eigenvalue weighted by Crippen LogP contribution is -2.38. The Balaban J connectivity index is 2.21. The molecule has 0 spiro atoms. The van der Waals surface area contributed by atoms with Crippen molar-refractivity contribution in [1.29, 1.82) is 0 Å². The van der Waals surface area contributed by atoms with Crippen molar-refractivity contribution < 1.29 is 9.90 Å². The number of rotatable bonds is 4. The minimum Gasteiger partial charge on any atom is -0.481 e. The van der Waals surface area contributed by atoms with Crippen LogP contribution in [0.25, 0.3) is 0 Å². The quantitative estimate of drug-likeness (QED) is 0.797. The average Bonchev–Trinajstić information content (AvgIpc) is 2.44. The molecule has 4 heteroatoms. The van der Waals surface area contributed by atoms with Crippen LogP contribution >= 0.6 is 23.2 Å². The average molecular weight is 329 g/mol. The van der Waals surface area contributed by atoms with Gasteiger partial charge in [-0.05, 0) is 55.6 Å². The highest BCUT2D eigenvalue weighted by atomic mass is 35.5. The molecule has 1 aromatic carbocycles. The maximum Gasteiger partial charge on any atom is 0.309 e. The number of hydrogen-bond acceptors (Lipinski definition) is 1. The fourth-order valence-corrected chi connectivity index (χ4v) is 3.76. The Hall–Kier alpha value is -0.730. The molecule has 2 rings (SSSR count). The summed E-state index contributed by atoms with van der Waals surface area (Å²) >= 11 is 12.3. The van der Waals surface area contributed by atoms with E-state index in [0.717, 1.165) is 18.4 Å². The molecule has 0 amide bonds. The van der Waals surface area contributed by atoms with Gasteiger partial charge in [-0.15, -0.1) is 0 Å². The van der Waals surface area contributed by atoms with E-state index in [0.29, 0.717) is 41.1 Å². The van der Waals surface area contributed by atoms with E-state index < -0.39 is 11.4 Å². The lowest BCUT2D eigenvalue weighted by molar-refractivity contribution is -0.151. The van der Waals surface area contributed by atoms with Crippen molar-refractivity contribution in [2.24, 2.45) is 17.3 Å². The fourth-order valence-electron chi connectivity index (χ4n) is 3.38. The molecule has 0 heterocycles. The molecule has 21 heavy (non-hydrogen) atoms. The lowest BCUT2D eigenvalue weighted by Gasteiger charge is -2.38. The zero-order valence-electron chi connectivity index (χ0n) is 12.5. The highest BCUT2D eigenvalue weighted by molar-refractivity contribution is 6.42. The van der Waals surface area contributed by atoms with Crippen LogP contribution in [0.1, 0.15) is 45.1 Å². The molecule has 116 valence electrons. The van der Waals surface area contributed by atoms with Crippen LogP contribution < -0.4 is 0 Å². The topological polar surface area (TPSA) is 37.3 Å². The van der Waals surface area contributed by atoms with E-state index in [1.807, 2.05) is 12.1 Å². The zero-order chi connectivity index (χ0) is 15.6. The van der Waals surface area contributed by atoms with Crippen molar-refractivity contribution in [1.82, 2.24) is 0 Å². The summed E-state index contributed by atoms with van der Waals surface area (Å²) in [5.41, 5.74) is 0.147.